The van der Waals surface area contributed by atoms with Crippen LogP contribution in [0.2, 0.25) is 5.02 Å². The molecule has 0 spiro atoms. The summed E-state index contributed by atoms with van der Waals surface area (Å²) in [6.07, 6.45) is 2.52. The van der Waals surface area contributed by atoms with Gasteiger partial charge in [0.2, 0.25) is 5.91 Å². The molecule has 3 rings (SSSR count). The van der Waals surface area contributed by atoms with E-state index in [0.29, 0.717) is 49.1 Å². The maximum atomic E-state index is 12.5. The third-order valence-corrected chi connectivity index (χ3v) is 5.44. The molecule has 1 N–H and O–H groups in total. The van der Waals surface area contributed by atoms with E-state index in [1.807, 2.05) is 36.4 Å². The Morgan fingerprint density at radius 3 is 2.59 bits per heavy atom. The molecule has 8 heteroatoms. The number of allylic oxidation sites excluding steroid dienone is 1. The molecule has 0 aromatic heterocycles. The Kier molecular flexibility index (Phi) is 8.39. The third kappa shape index (κ3) is 6.40. The van der Waals surface area contributed by atoms with Gasteiger partial charge in [0.1, 0.15) is 0 Å². The number of carbonyl (C=O) groups is 2. The Morgan fingerprint density at radius 1 is 1.12 bits per heavy atom. The normalized spacial score (nSPS) is 13.4. The van der Waals surface area contributed by atoms with Crippen molar-refractivity contribution < 1.29 is 19.1 Å². The molecule has 1 fully saturated rings. The van der Waals surface area contributed by atoms with Gasteiger partial charge in [0, 0.05) is 36.9 Å². The van der Waals surface area contributed by atoms with Crippen LogP contribution in [0.4, 0.5) is 5.69 Å². The fraction of sp³-hybridized carbons (Fsp3) is 0.333. The van der Waals surface area contributed by atoms with E-state index >= 15 is 0 Å². The standard InChI is InChI=1S/C24H28ClN3O4/c1-3-5-18-8-9-21(22(14-18)31-2)32-17-23(29)26-16-24(30)28-12-10-27(11-13-28)20-7-4-6-19(25)15-20/h3-4,6-9,14-15H,1,5,10-13,16-17H2,2H3,(H,26,29). The smallest absolute Gasteiger partial charge is 0.258 e. The van der Waals surface area contributed by atoms with Crippen molar-refractivity contribution in [1.29, 1.82) is 0 Å². The number of ether oxygens (including phenoxy) is 2. The molecule has 2 aromatic rings. The molecule has 2 aromatic carbocycles. The summed E-state index contributed by atoms with van der Waals surface area (Å²) < 4.78 is 10.9. The molecule has 0 atom stereocenters. The topological polar surface area (TPSA) is 71.1 Å². The highest BCUT2D eigenvalue weighted by molar-refractivity contribution is 6.30. The molecule has 7 nitrogen and oxygen atoms in total. The molecule has 1 saturated heterocycles. The molecule has 170 valence electrons. The number of benzene rings is 2. The molecule has 1 aliphatic heterocycles. The molecule has 0 aliphatic carbocycles. The summed E-state index contributed by atoms with van der Waals surface area (Å²) in [6, 6.07) is 13.2. The lowest BCUT2D eigenvalue weighted by Crippen LogP contribution is -2.51. The van der Waals surface area contributed by atoms with E-state index in [9.17, 15) is 9.59 Å². The van der Waals surface area contributed by atoms with Gasteiger partial charge in [0.05, 0.1) is 13.7 Å². The van der Waals surface area contributed by atoms with E-state index in [2.05, 4.69) is 16.8 Å². The summed E-state index contributed by atoms with van der Waals surface area (Å²) in [4.78, 5) is 28.6. The van der Waals surface area contributed by atoms with Crippen molar-refractivity contribution in [3.63, 3.8) is 0 Å². The summed E-state index contributed by atoms with van der Waals surface area (Å²) in [5, 5.41) is 3.32. The Labute approximate surface area is 193 Å². The number of anilines is 1. The lowest BCUT2D eigenvalue weighted by atomic mass is 10.1. The van der Waals surface area contributed by atoms with Crippen molar-refractivity contribution >= 4 is 29.1 Å². The van der Waals surface area contributed by atoms with Crippen LogP contribution in [0, 0.1) is 0 Å². The van der Waals surface area contributed by atoms with Crippen molar-refractivity contribution in [1.82, 2.24) is 10.2 Å². The second-order valence-electron chi connectivity index (χ2n) is 7.39. The number of hydrogen-bond acceptors (Lipinski definition) is 5. The van der Waals surface area contributed by atoms with Crippen LogP contribution in [0.1, 0.15) is 5.56 Å². The van der Waals surface area contributed by atoms with Crippen LogP contribution in [0.15, 0.2) is 55.1 Å². The van der Waals surface area contributed by atoms with Crippen LogP contribution in [0.5, 0.6) is 11.5 Å². The van der Waals surface area contributed by atoms with E-state index in [0.717, 1.165) is 11.3 Å². The predicted octanol–water partition coefficient (Wildman–Crippen LogP) is 2.92. The number of nitrogens with zero attached hydrogens (tertiary/aromatic N) is 2. The fourth-order valence-electron chi connectivity index (χ4n) is 3.49. The molecule has 2 amide bonds. The van der Waals surface area contributed by atoms with Gasteiger partial charge in [-0.3, -0.25) is 9.59 Å². The van der Waals surface area contributed by atoms with Crippen LogP contribution >= 0.6 is 11.6 Å². The lowest BCUT2D eigenvalue weighted by molar-refractivity contribution is -0.133. The third-order valence-electron chi connectivity index (χ3n) is 5.21. The van der Waals surface area contributed by atoms with Crippen LogP contribution in [0.3, 0.4) is 0 Å². The minimum absolute atomic E-state index is 0.0607. The van der Waals surface area contributed by atoms with Crippen molar-refractivity contribution in [3.05, 3.63) is 65.7 Å². The van der Waals surface area contributed by atoms with Crippen LogP contribution < -0.4 is 19.7 Å². The van der Waals surface area contributed by atoms with Crippen molar-refractivity contribution in [3.8, 4) is 11.5 Å². The Bertz CT molecular complexity index is 958. The first-order valence-corrected chi connectivity index (χ1v) is 10.8. The zero-order chi connectivity index (χ0) is 22.9. The van der Waals surface area contributed by atoms with E-state index in [1.54, 1.807) is 24.2 Å². The SMILES string of the molecule is C=CCc1ccc(OCC(=O)NCC(=O)N2CCN(c3cccc(Cl)c3)CC2)c(OC)c1. The van der Waals surface area contributed by atoms with Gasteiger partial charge < -0.3 is 24.6 Å². The first-order chi connectivity index (χ1) is 15.5. The van der Waals surface area contributed by atoms with E-state index in [4.69, 9.17) is 21.1 Å². The first kappa shape index (κ1) is 23.5. The average molecular weight is 458 g/mol. The minimum Gasteiger partial charge on any atom is -0.493 e. The maximum Gasteiger partial charge on any atom is 0.258 e. The minimum atomic E-state index is -0.367. The monoisotopic (exact) mass is 457 g/mol. The predicted molar refractivity (Wildman–Crippen MR) is 126 cm³/mol. The van der Waals surface area contributed by atoms with Crippen molar-refractivity contribution in [2.24, 2.45) is 0 Å². The highest BCUT2D eigenvalue weighted by Gasteiger charge is 2.21. The molecule has 0 unspecified atom stereocenters. The summed E-state index contributed by atoms with van der Waals surface area (Å²) >= 11 is 6.06. The van der Waals surface area contributed by atoms with Crippen molar-refractivity contribution in [2.45, 2.75) is 6.42 Å². The maximum absolute atomic E-state index is 12.5. The number of halogens is 1. The van der Waals surface area contributed by atoms with Gasteiger partial charge in [0.15, 0.2) is 18.1 Å². The van der Waals surface area contributed by atoms with Gasteiger partial charge in [-0.1, -0.05) is 29.8 Å². The largest absolute Gasteiger partial charge is 0.493 e. The van der Waals surface area contributed by atoms with E-state index < -0.39 is 0 Å². The molecule has 32 heavy (non-hydrogen) atoms. The van der Waals surface area contributed by atoms with Gasteiger partial charge in [0.25, 0.3) is 5.91 Å². The second-order valence-corrected chi connectivity index (χ2v) is 7.83. The summed E-state index contributed by atoms with van der Waals surface area (Å²) in [5.41, 5.74) is 2.08. The molecular weight excluding hydrogens is 430 g/mol. The van der Waals surface area contributed by atoms with E-state index in [1.165, 1.54) is 0 Å². The molecule has 1 heterocycles. The number of rotatable bonds is 9. The van der Waals surface area contributed by atoms with Crippen LogP contribution in [-0.4, -0.2) is 63.2 Å². The number of carbonyl (C=O) groups excluding carboxylic acids is 2. The zero-order valence-electron chi connectivity index (χ0n) is 18.2. The molecule has 0 radical (unpaired) electrons. The zero-order valence-corrected chi connectivity index (χ0v) is 18.9. The van der Waals surface area contributed by atoms with Gasteiger partial charge in [-0.05, 0) is 42.3 Å². The number of methoxy groups -OCH3 is 1. The molecular formula is C24H28ClN3O4. The summed E-state index contributed by atoms with van der Waals surface area (Å²) in [6.45, 7) is 6.06. The van der Waals surface area contributed by atoms with Gasteiger partial charge in [-0.15, -0.1) is 6.58 Å². The van der Waals surface area contributed by atoms with Crippen LogP contribution in [-0.2, 0) is 16.0 Å². The molecule has 0 bridgehead atoms. The molecule has 0 saturated carbocycles. The first-order valence-electron chi connectivity index (χ1n) is 10.5. The fourth-order valence-corrected chi connectivity index (χ4v) is 3.68. The van der Waals surface area contributed by atoms with Gasteiger partial charge in [-0.25, -0.2) is 0 Å². The number of nitrogens with one attached hydrogen (secondary N) is 1. The number of piperazine rings is 1. The highest BCUT2D eigenvalue weighted by atomic mass is 35.5. The Morgan fingerprint density at radius 2 is 1.91 bits per heavy atom. The Hall–Kier alpha value is -3.19. The molecule has 1 aliphatic rings. The number of amides is 2. The number of hydrogen-bond donors (Lipinski definition) is 1. The quantitative estimate of drug-likeness (QED) is 0.586. The second kappa shape index (κ2) is 11.4. The van der Waals surface area contributed by atoms with Gasteiger partial charge >= 0.3 is 0 Å². The van der Waals surface area contributed by atoms with E-state index in [-0.39, 0.29) is 25.0 Å². The highest BCUT2D eigenvalue weighted by Crippen LogP contribution is 2.28. The summed E-state index contributed by atoms with van der Waals surface area (Å²) in [5.74, 6) is 0.535. The van der Waals surface area contributed by atoms with Crippen molar-refractivity contribution in [2.75, 3.05) is 51.3 Å². The average Bonchev–Trinajstić information content (AvgIpc) is 2.82. The Balaban J connectivity index is 1.41. The summed E-state index contributed by atoms with van der Waals surface area (Å²) in [7, 11) is 1.55. The van der Waals surface area contributed by atoms with Gasteiger partial charge in [-0.2, -0.15) is 0 Å². The van der Waals surface area contributed by atoms with Crippen LogP contribution in [0.25, 0.3) is 0 Å². The lowest BCUT2D eigenvalue weighted by Gasteiger charge is -2.36.